The van der Waals surface area contributed by atoms with Crippen molar-refractivity contribution in [2.75, 3.05) is 20.0 Å². The fourth-order valence-corrected chi connectivity index (χ4v) is 5.17. The summed E-state index contributed by atoms with van der Waals surface area (Å²) < 4.78 is 12.6. The summed E-state index contributed by atoms with van der Waals surface area (Å²) >= 11 is 2.92. The maximum Gasteiger partial charge on any atom is 0.253 e. The minimum absolute atomic E-state index is 0.116. The van der Waals surface area contributed by atoms with Gasteiger partial charge in [-0.2, -0.15) is 5.10 Å². The molecule has 1 aliphatic rings. The van der Waals surface area contributed by atoms with Gasteiger partial charge >= 0.3 is 0 Å². The van der Waals surface area contributed by atoms with E-state index in [0.29, 0.717) is 23.1 Å². The Morgan fingerprint density at radius 3 is 2.67 bits per heavy atom. The second-order valence-corrected chi connectivity index (χ2v) is 10.3. The van der Waals surface area contributed by atoms with Crippen LogP contribution in [0.4, 0.5) is 0 Å². The van der Waals surface area contributed by atoms with Gasteiger partial charge in [0.25, 0.3) is 5.91 Å². The van der Waals surface area contributed by atoms with Gasteiger partial charge in [0.05, 0.1) is 42.1 Å². The topological polar surface area (TPSA) is 94.7 Å². The van der Waals surface area contributed by atoms with Gasteiger partial charge in [-0.3, -0.25) is 4.79 Å². The highest BCUT2D eigenvalue weighted by Crippen LogP contribution is 2.38. The van der Waals surface area contributed by atoms with Crippen LogP contribution in [0.3, 0.4) is 0 Å². The van der Waals surface area contributed by atoms with E-state index in [2.05, 4.69) is 15.5 Å². The molecule has 1 atom stereocenters. The number of benzene rings is 1. The number of carbonyl (C=O) groups is 1. The summed E-state index contributed by atoms with van der Waals surface area (Å²) in [5.41, 5.74) is 1.54. The molecule has 9 nitrogen and oxygen atoms in total. The van der Waals surface area contributed by atoms with E-state index in [1.165, 1.54) is 11.8 Å². The maximum absolute atomic E-state index is 13.3. The number of carbonyl (C=O) groups excluding carboxylic acids is 1. The van der Waals surface area contributed by atoms with Gasteiger partial charge in [0.15, 0.2) is 11.5 Å². The molecule has 174 valence electrons. The van der Waals surface area contributed by atoms with Gasteiger partial charge < -0.3 is 9.47 Å². The number of nitrogens with zero attached hydrogens (tertiary/aromatic N) is 6. The lowest BCUT2D eigenvalue weighted by atomic mass is 10.0. The van der Waals surface area contributed by atoms with Crippen LogP contribution in [-0.4, -0.2) is 56.8 Å². The van der Waals surface area contributed by atoms with Crippen molar-refractivity contribution in [1.82, 2.24) is 25.2 Å². The first kappa shape index (κ1) is 23.2. The Morgan fingerprint density at radius 2 is 2.00 bits per heavy atom. The highest BCUT2D eigenvalue weighted by atomic mass is 32.2. The third-order valence-electron chi connectivity index (χ3n) is 5.16. The molecule has 0 N–H and O–H groups in total. The first-order valence-electron chi connectivity index (χ1n) is 10.4. The molecule has 0 radical (unpaired) electrons. The van der Waals surface area contributed by atoms with E-state index in [0.717, 1.165) is 16.2 Å². The summed E-state index contributed by atoms with van der Waals surface area (Å²) in [4.78, 5) is 14.4. The van der Waals surface area contributed by atoms with E-state index in [1.807, 2.05) is 56.5 Å². The van der Waals surface area contributed by atoms with Gasteiger partial charge in [-0.25, -0.2) is 9.69 Å². The quantitative estimate of drug-likeness (QED) is 0.466. The molecule has 0 aliphatic carbocycles. The van der Waals surface area contributed by atoms with Gasteiger partial charge in [0.1, 0.15) is 0 Å². The van der Waals surface area contributed by atoms with Crippen LogP contribution in [0.25, 0.3) is 0 Å². The van der Waals surface area contributed by atoms with Crippen molar-refractivity contribution in [3.8, 4) is 11.5 Å². The van der Waals surface area contributed by atoms with Gasteiger partial charge in [-0.05, 0) is 60.3 Å². The molecule has 1 amide bonds. The minimum Gasteiger partial charge on any atom is -0.493 e. The molecule has 1 aliphatic heterocycles. The van der Waals surface area contributed by atoms with Crippen molar-refractivity contribution in [3.63, 3.8) is 0 Å². The van der Waals surface area contributed by atoms with Gasteiger partial charge in [0.2, 0.25) is 5.16 Å². The summed E-state index contributed by atoms with van der Waals surface area (Å²) in [6.45, 7) is 6.04. The molecule has 0 unspecified atom stereocenters. The van der Waals surface area contributed by atoms with E-state index in [1.54, 1.807) is 35.2 Å². The molecular formula is C22H26N6O3S2. The average molecular weight is 487 g/mol. The van der Waals surface area contributed by atoms with Crippen molar-refractivity contribution < 1.29 is 14.3 Å². The number of tetrazole rings is 1. The summed E-state index contributed by atoms with van der Waals surface area (Å²) in [6, 6.07) is 9.48. The molecule has 0 bridgehead atoms. The second-order valence-electron chi connectivity index (χ2n) is 8.43. The Hall–Kier alpha value is -2.92. The second kappa shape index (κ2) is 9.52. The molecular weight excluding hydrogens is 460 g/mol. The van der Waals surface area contributed by atoms with Crippen molar-refractivity contribution in [3.05, 3.63) is 46.2 Å². The summed E-state index contributed by atoms with van der Waals surface area (Å²) in [5, 5.41) is 20.8. The molecule has 0 saturated heterocycles. The minimum atomic E-state index is -0.283. The molecule has 0 saturated carbocycles. The van der Waals surface area contributed by atoms with Gasteiger partial charge in [0, 0.05) is 6.42 Å². The zero-order valence-corrected chi connectivity index (χ0v) is 20.8. The van der Waals surface area contributed by atoms with Crippen LogP contribution >= 0.6 is 23.1 Å². The maximum atomic E-state index is 13.3. The van der Waals surface area contributed by atoms with E-state index in [-0.39, 0.29) is 23.2 Å². The number of hydrogen-bond donors (Lipinski definition) is 0. The zero-order valence-electron chi connectivity index (χ0n) is 19.2. The van der Waals surface area contributed by atoms with Crippen LogP contribution in [0.1, 0.15) is 43.7 Å². The SMILES string of the molecule is COc1ccc([C@@H]2CC(c3cccs3)=NN2C(=O)CSc2nnnn2C(C)(C)C)cc1OC. The number of amides is 1. The van der Waals surface area contributed by atoms with Crippen LogP contribution in [0, 0.1) is 0 Å². The number of aromatic nitrogens is 4. The third kappa shape index (κ3) is 4.88. The molecule has 0 fully saturated rings. The molecule has 33 heavy (non-hydrogen) atoms. The zero-order chi connectivity index (χ0) is 23.6. The third-order valence-corrected chi connectivity index (χ3v) is 6.99. The largest absolute Gasteiger partial charge is 0.493 e. The standard InChI is InChI=1S/C22H26N6O3S2/c1-22(2,3)28-21(23-25-26-28)33-13-20(29)27-16(12-15(24-27)19-7-6-10-32-19)14-8-9-17(30-4)18(11-14)31-5/h6-11,16H,12-13H2,1-5H3/t16-/m0/s1. The number of ether oxygens (including phenoxy) is 2. The van der Waals surface area contributed by atoms with E-state index in [9.17, 15) is 4.79 Å². The number of hydrazone groups is 1. The Bertz CT molecular complexity index is 1150. The molecule has 11 heteroatoms. The molecule has 3 aromatic rings. The fourth-order valence-electron chi connectivity index (χ4n) is 3.53. The predicted molar refractivity (Wildman–Crippen MR) is 128 cm³/mol. The smallest absolute Gasteiger partial charge is 0.253 e. The predicted octanol–water partition coefficient (Wildman–Crippen LogP) is 3.98. The number of methoxy groups -OCH3 is 2. The normalized spacial score (nSPS) is 16.1. The van der Waals surface area contributed by atoms with Crippen molar-refractivity contribution in [2.24, 2.45) is 5.10 Å². The Kier molecular flexibility index (Phi) is 6.71. The van der Waals surface area contributed by atoms with Gasteiger partial charge in [-0.15, -0.1) is 16.4 Å². The number of thioether (sulfide) groups is 1. The number of rotatable bonds is 7. The van der Waals surface area contributed by atoms with Gasteiger partial charge in [-0.1, -0.05) is 23.9 Å². The average Bonchev–Trinajstić information content (AvgIpc) is 3.56. The van der Waals surface area contributed by atoms with E-state index >= 15 is 0 Å². The van der Waals surface area contributed by atoms with Crippen molar-refractivity contribution >= 4 is 34.7 Å². The first-order chi connectivity index (χ1) is 15.8. The highest BCUT2D eigenvalue weighted by Gasteiger charge is 2.34. The summed E-state index contributed by atoms with van der Waals surface area (Å²) in [7, 11) is 3.20. The van der Waals surface area contributed by atoms with Crippen molar-refractivity contribution in [2.45, 2.75) is 43.9 Å². The molecule has 3 heterocycles. The van der Waals surface area contributed by atoms with Crippen LogP contribution in [0.5, 0.6) is 11.5 Å². The monoisotopic (exact) mass is 486 g/mol. The Labute approximate surface area is 200 Å². The molecule has 0 spiro atoms. The lowest BCUT2D eigenvalue weighted by Crippen LogP contribution is -2.29. The van der Waals surface area contributed by atoms with Crippen LogP contribution in [0.2, 0.25) is 0 Å². The molecule has 4 rings (SSSR count). The first-order valence-corrected chi connectivity index (χ1v) is 12.3. The fraction of sp³-hybridized carbons (Fsp3) is 0.409. The summed E-state index contributed by atoms with van der Waals surface area (Å²) in [6.07, 6.45) is 0.617. The Morgan fingerprint density at radius 1 is 1.21 bits per heavy atom. The molecule has 1 aromatic carbocycles. The van der Waals surface area contributed by atoms with Crippen LogP contribution < -0.4 is 9.47 Å². The number of thiophene rings is 1. The number of hydrogen-bond acceptors (Lipinski definition) is 9. The lowest BCUT2D eigenvalue weighted by molar-refractivity contribution is -0.130. The van der Waals surface area contributed by atoms with Crippen LogP contribution in [-0.2, 0) is 10.3 Å². The lowest BCUT2D eigenvalue weighted by Gasteiger charge is -2.23. The van der Waals surface area contributed by atoms with Crippen LogP contribution in [0.15, 0.2) is 46.0 Å². The van der Waals surface area contributed by atoms with Crippen molar-refractivity contribution in [1.29, 1.82) is 0 Å². The van der Waals surface area contributed by atoms with E-state index < -0.39 is 0 Å². The summed E-state index contributed by atoms with van der Waals surface area (Å²) in [5.74, 6) is 1.31. The Balaban J connectivity index is 1.60. The highest BCUT2D eigenvalue weighted by molar-refractivity contribution is 7.99. The van der Waals surface area contributed by atoms with E-state index in [4.69, 9.17) is 14.6 Å². The molecule has 2 aromatic heterocycles.